The molecule has 1 aliphatic rings. The molecule has 0 radical (unpaired) electrons. The molecule has 7 nitrogen and oxygen atoms in total. The molecule has 3 rings (SSSR count). The number of ether oxygens (including phenoxy) is 1. The van der Waals surface area contributed by atoms with E-state index in [4.69, 9.17) is 4.74 Å². The summed E-state index contributed by atoms with van der Waals surface area (Å²) in [5.74, 6) is 1.54. The summed E-state index contributed by atoms with van der Waals surface area (Å²) in [5, 5.41) is 3.46. The van der Waals surface area contributed by atoms with Crippen LogP contribution in [-0.4, -0.2) is 80.5 Å². The van der Waals surface area contributed by atoms with Gasteiger partial charge in [0, 0.05) is 60.4 Å². The van der Waals surface area contributed by atoms with Crippen molar-refractivity contribution in [3.63, 3.8) is 0 Å². The van der Waals surface area contributed by atoms with Crippen molar-refractivity contribution in [3.05, 3.63) is 65.7 Å². The van der Waals surface area contributed by atoms with Gasteiger partial charge in [-0.1, -0.05) is 42.5 Å². The quantitative estimate of drug-likeness (QED) is 0.546. The maximum absolute atomic E-state index is 11.7. The summed E-state index contributed by atoms with van der Waals surface area (Å²) in [4.78, 5) is 22.5. The Morgan fingerprint density at radius 2 is 1.74 bits per heavy atom. The van der Waals surface area contributed by atoms with Crippen LogP contribution in [0.3, 0.4) is 0 Å². The van der Waals surface area contributed by atoms with Crippen molar-refractivity contribution >= 4 is 11.9 Å². The molecular weight excluding hydrogens is 390 g/mol. The first-order valence-electron chi connectivity index (χ1n) is 10.7. The van der Waals surface area contributed by atoms with E-state index < -0.39 is 0 Å². The Morgan fingerprint density at radius 3 is 2.42 bits per heavy atom. The minimum atomic E-state index is -0.0599. The van der Waals surface area contributed by atoms with E-state index in [9.17, 15) is 4.79 Å². The molecule has 0 aliphatic carbocycles. The Kier molecular flexibility index (Phi) is 8.29. The van der Waals surface area contributed by atoms with Gasteiger partial charge in [0.2, 0.25) is 0 Å². The molecular formula is C24H33N5O2. The smallest absolute Gasteiger partial charge is 0.259 e. The number of rotatable bonds is 7. The average molecular weight is 424 g/mol. The molecule has 0 spiro atoms. The van der Waals surface area contributed by atoms with Crippen molar-refractivity contribution in [2.45, 2.75) is 13.1 Å². The molecule has 7 heteroatoms. The van der Waals surface area contributed by atoms with Gasteiger partial charge < -0.3 is 19.9 Å². The van der Waals surface area contributed by atoms with Crippen molar-refractivity contribution in [2.75, 3.05) is 53.9 Å². The van der Waals surface area contributed by atoms with Crippen LogP contribution in [0.4, 0.5) is 0 Å². The van der Waals surface area contributed by atoms with E-state index in [1.54, 1.807) is 14.1 Å². The molecule has 1 aliphatic heterocycles. The molecule has 0 saturated carbocycles. The highest BCUT2D eigenvalue weighted by Gasteiger charge is 2.19. The van der Waals surface area contributed by atoms with E-state index in [0.717, 1.165) is 44.2 Å². The number of guanidine groups is 1. The minimum Gasteiger partial charge on any atom is -0.484 e. The number of hydrogen-bond donors (Lipinski definition) is 1. The Balaban J connectivity index is 1.46. The van der Waals surface area contributed by atoms with Crippen LogP contribution in [0.1, 0.15) is 11.1 Å². The summed E-state index contributed by atoms with van der Waals surface area (Å²) < 4.78 is 5.61. The van der Waals surface area contributed by atoms with Crippen LogP contribution in [0.25, 0.3) is 0 Å². The summed E-state index contributed by atoms with van der Waals surface area (Å²) in [7, 11) is 5.27. The molecule has 0 atom stereocenters. The lowest BCUT2D eigenvalue weighted by Crippen LogP contribution is -2.52. The van der Waals surface area contributed by atoms with Crippen LogP contribution in [-0.2, 0) is 17.9 Å². The van der Waals surface area contributed by atoms with E-state index in [1.165, 1.54) is 10.5 Å². The Labute approximate surface area is 185 Å². The van der Waals surface area contributed by atoms with Crippen molar-refractivity contribution in [1.82, 2.24) is 20.0 Å². The van der Waals surface area contributed by atoms with Gasteiger partial charge in [-0.25, -0.2) is 0 Å². The van der Waals surface area contributed by atoms with Gasteiger partial charge in [0.15, 0.2) is 12.6 Å². The number of amides is 1. The zero-order valence-corrected chi connectivity index (χ0v) is 18.8. The summed E-state index contributed by atoms with van der Waals surface area (Å²) in [6.07, 6.45) is 0. The Morgan fingerprint density at radius 1 is 1.03 bits per heavy atom. The lowest BCUT2D eigenvalue weighted by molar-refractivity contribution is -0.130. The van der Waals surface area contributed by atoms with Crippen molar-refractivity contribution in [1.29, 1.82) is 0 Å². The number of hydrogen-bond acceptors (Lipinski definition) is 4. The van der Waals surface area contributed by atoms with Gasteiger partial charge in [-0.3, -0.25) is 14.7 Å². The third-order valence-electron chi connectivity index (χ3n) is 5.34. The van der Waals surface area contributed by atoms with Gasteiger partial charge in [0.05, 0.1) is 0 Å². The van der Waals surface area contributed by atoms with Crippen LogP contribution < -0.4 is 10.1 Å². The minimum absolute atomic E-state index is 0.0405. The Hall–Kier alpha value is -3.06. The molecule has 0 unspecified atom stereocenters. The Bertz CT molecular complexity index is 861. The highest BCUT2D eigenvalue weighted by molar-refractivity contribution is 5.80. The first kappa shape index (κ1) is 22.6. The highest BCUT2D eigenvalue weighted by atomic mass is 16.5. The van der Waals surface area contributed by atoms with E-state index >= 15 is 0 Å². The van der Waals surface area contributed by atoms with Crippen molar-refractivity contribution in [2.24, 2.45) is 4.99 Å². The van der Waals surface area contributed by atoms with Crippen LogP contribution in [0, 0.1) is 0 Å². The SMILES string of the molecule is CN=C(NCc1cccc(OCC(=O)N(C)C)c1)N1CCN(Cc2ccccc2)CC1. The molecule has 2 aromatic carbocycles. The number of likely N-dealkylation sites (N-methyl/N-ethyl adjacent to an activating group) is 1. The van der Waals surface area contributed by atoms with Crippen LogP contribution >= 0.6 is 0 Å². The molecule has 1 saturated heterocycles. The second kappa shape index (κ2) is 11.4. The first-order chi connectivity index (χ1) is 15.0. The summed E-state index contributed by atoms with van der Waals surface area (Å²) in [6.45, 7) is 5.60. The number of nitrogens with one attached hydrogen (secondary N) is 1. The van der Waals surface area contributed by atoms with Crippen molar-refractivity contribution in [3.8, 4) is 5.75 Å². The third kappa shape index (κ3) is 7.00. The predicted molar refractivity (Wildman–Crippen MR) is 124 cm³/mol. The van der Waals surface area contributed by atoms with Gasteiger partial charge in [0.1, 0.15) is 5.75 Å². The lowest BCUT2D eigenvalue weighted by Gasteiger charge is -2.36. The molecule has 1 N–H and O–H groups in total. The van der Waals surface area contributed by atoms with Crippen LogP contribution in [0.5, 0.6) is 5.75 Å². The topological polar surface area (TPSA) is 60.4 Å². The number of aliphatic imine (C=N–C) groups is 1. The van der Waals surface area contributed by atoms with Crippen LogP contribution in [0.15, 0.2) is 59.6 Å². The number of carbonyl (C=O) groups is 1. The van der Waals surface area contributed by atoms with Gasteiger partial charge in [-0.15, -0.1) is 0 Å². The number of carbonyl (C=O) groups excluding carboxylic acids is 1. The van der Waals surface area contributed by atoms with Gasteiger partial charge >= 0.3 is 0 Å². The molecule has 0 aromatic heterocycles. The molecule has 0 bridgehead atoms. The average Bonchev–Trinajstić information content (AvgIpc) is 2.80. The van der Waals surface area contributed by atoms with Gasteiger partial charge in [-0.05, 0) is 23.3 Å². The van der Waals surface area contributed by atoms with Gasteiger partial charge in [0.25, 0.3) is 5.91 Å². The first-order valence-corrected chi connectivity index (χ1v) is 10.7. The van der Waals surface area contributed by atoms with Crippen molar-refractivity contribution < 1.29 is 9.53 Å². The molecule has 1 amide bonds. The molecule has 166 valence electrons. The van der Waals surface area contributed by atoms with Crippen LogP contribution in [0.2, 0.25) is 0 Å². The zero-order valence-electron chi connectivity index (χ0n) is 18.8. The van der Waals surface area contributed by atoms with E-state index in [2.05, 4.69) is 50.4 Å². The molecule has 1 heterocycles. The summed E-state index contributed by atoms with van der Waals surface area (Å²) in [6, 6.07) is 18.4. The van der Waals surface area contributed by atoms with E-state index in [-0.39, 0.29) is 12.5 Å². The number of piperazine rings is 1. The number of nitrogens with zero attached hydrogens (tertiary/aromatic N) is 4. The largest absolute Gasteiger partial charge is 0.484 e. The summed E-state index contributed by atoms with van der Waals surface area (Å²) >= 11 is 0. The second-order valence-corrected chi connectivity index (χ2v) is 7.87. The predicted octanol–water partition coefficient (Wildman–Crippen LogP) is 2.05. The fourth-order valence-electron chi connectivity index (χ4n) is 3.49. The monoisotopic (exact) mass is 423 g/mol. The molecule has 2 aromatic rings. The summed E-state index contributed by atoms with van der Waals surface area (Å²) in [5.41, 5.74) is 2.44. The highest BCUT2D eigenvalue weighted by Crippen LogP contribution is 2.14. The third-order valence-corrected chi connectivity index (χ3v) is 5.34. The number of benzene rings is 2. The molecule has 1 fully saturated rings. The van der Waals surface area contributed by atoms with Gasteiger partial charge in [-0.2, -0.15) is 0 Å². The normalized spacial score (nSPS) is 14.9. The fraction of sp³-hybridized carbons (Fsp3) is 0.417. The molecule has 31 heavy (non-hydrogen) atoms. The fourth-order valence-corrected chi connectivity index (χ4v) is 3.49. The lowest BCUT2D eigenvalue weighted by atomic mass is 10.2. The standard InChI is InChI=1S/C24H33N5O2/c1-25-24(29-14-12-28(13-15-29)18-20-8-5-4-6-9-20)26-17-21-10-7-11-22(16-21)31-19-23(30)27(2)3/h4-11,16H,12-15,17-19H2,1-3H3,(H,25,26). The van der Waals surface area contributed by atoms with E-state index in [1.807, 2.05) is 31.3 Å². The second-order valence-electron chi connectivity index (χ2n) is 7.87. The van der Waals surface area contributed by atoms with E-state index in [0.29, 0.717) is 12.3 Å². The maximum atomic E-state index is 11.7. The zero-order chi connectivity index (χ0) is 22.1. The maximum Gasteiger partial charge on any atom is 0.259 e.